The highest BCUT2D eigenvalue weighted by atomic mass is 13.9. The Bertz CT molecular complexity index is 138. The maximum absolute atomic E-state index is 3.66. The van der Waals surface area contributed by atoms with E-state index in [0.717, 1.165) is 12.8 Å². The third-order valence-corrected chi connectivity index (χ3v) is 1.22. The summed E-state index contributed by atoms with van der Waals surface area (Å²) < 4.78 is 0. The van der Waals surface area contributed by atoms with Gasteiger partial charge in [0.05, 0.1) is 0 Å². The Labute approximate surface area is 77.7 Å². The molecule has 0 aliphatic heterocycles. The molecule has 0 N–H and O–H groups in total. The number of allylic oxidation sites excluding steroid dienone is 5. The molecule has 0 heterocycles. The molecule has 0 saturated heterocycles. The quantitative estimate of drug-likeness (QED) is 0.426. The van der Waals surface area contributed by atoms with Crippen LogP contribution in [0.3, 0.4) is 0 Å². The van der Waals surface area contributed by atoms with E-state index >= 15 is 0 Å². The van der Waals surface area contributed by atoms with E-state index < -0.39 is 0 Å². The van der Waals surface area contributed by atoms with E-state index in [2.05, 4.69) is 38.7 Å². The van der Waals surface area contributed by atoms with Crippen molar-refractivity contribution in [2.45, 2.75) is 40.5 Å². The van der Waals surface area contributed by atoms with Crippen molar-refractivity contribution >= 4 is 0 Å². The van der Waals surface area contributed by atoms with Crippen LogP contribution < -0.4 is 0 Å². The smallest absolute Gasteiger partial charge is 0.0141 e. The molecule has 0 saturated carbocycles. The van der Waals surface area contributed by atoms with Crippen LogP contribution in [-0.2, 0) is 0 Å². The molecule has 0 unspecified atom stereocenters. The van der Waals surface area contributed by atoms with Gasteiger partial charge in [-0.05, 0) is 19.8 Å². The average molecular weight is 166 g/mol. The van der Waals surface area contributed by atoms with Crippen LogP contribution >= 0.6 is 0 Å². The van der Waals surface area contributed by atoms with Gasteiger partial charge in [-0.15, -0.1) is 6.58 Å². The van der Waals surface area contributed by atoms with Crippen LogP contribution in [0.2, 0.25) is 0 Å². The van der Waals surface area contributed by atoms with Crippen LogP contribution in [0.5, 0.6) is 0 Å². The monoisotopic (exact) mass is 166 g/mol. The Morgan fingerprint density at radius 2 is 1.92 bits per heavy atom. The molecular weight excluding hydrogens is 144 g/mol. The second kappa shape index (κ2) is 12.9. The predicted octanol–water partition coefficient (Wildman–Crippen LogP) is 4.50. The van der Waals surface area contributed by atoms with E-state index in [0.29, 0.717) is 0 Å². The fraction of sp³-hybridized carbons (Fsp3) is 0.500. The molecule has 0 atom stereocenters. The topological polar surface area (TPSA) is 0 Å². The van der Waals surface area contributed by atoms with Crippen LogP contribution in [0.1, 0.15) is 40.5 Å². The highest BCUT2D eigenvalue weighted by Gasteiger charge is 1.78. The summed E-state index contributed by atoms with van der Waals surface area (Å²) in [6, 6.07) is 0. The highest BCUT2D eigenvalue weighted by molar-refractivity contribution is 5.12. The molecule has 70 valence electrons. The van der Waals surface area contributed by atoms with Crippen LogP contribution in [0.15, 0.2) is 36.5 Å². The Morgan fingerprint density at radius 1 is 1.33 bits per heavy atom. The minimum absolute atomic E-state index is 0.994. The van der Waals surface area contributed by atoms with Crippen LogP contribution in [-0.4, -0.2) is 0 Å². The average Bonchev–Trinajstić information content (AvgIpc) is 2.09. The first-order chi connectivity index (χ1) is 5.81. The molecule has 0 heteroatoms. The molecule has 0 radical (unpaired) electrons. The molecule has 0 amide bonds. The van der Waals surface area contributed by atoms with Crippen molar-refractivity contribution in [2.75, 3.05) is 0 Å². The maximum atomic E-state index is 3.66. The van der Waals surface area contributed by atoms with Crippen LogP contribution in [0.25, 0.3) is 0 Å². The second-order valence-electron chi connectivity index (χ2n) is 2.34. The van der Waals surface area contributed by atoms with Crippen molar-refractivity contribution < 1.29 is 0 Å². The van der Waals surface area contributed by atoms with E-state index in [-0.39, 0.29) is 0 Å². The Morgan fingerprint density at radius 3 is 2.33 bits per heavy atom. The summed E-state index contributed by atoms with van der Waals surface area (Å²) in [5, 5.41) is 0. The lowest BCUT2D eigenvalue weighted by Gasteiger charge is -1.89. The van der Waals surface area contributed by atoms with Gasteiger partial charge in [-0.25, -0.2) is 0 Å². The van der Waals surface area contributed by atoms with Crippen molar-refractivity contribution in [3.63, 3.8) is 0 Å². The minimum Gasteiger partial charge on any atom is -0.103 e. The minimum atomic E-state index is 0.994. The molecule has 0 nitrogen and oxygen atoms in total. The molecule has 12 heavy (non-hydrogen) atoms. The molecule has 0 aromatic carbocycles. The third kappa shape index (κ3) is 12.0. The molecule has 0 aliphatic carbocycles. The first-order valence-corrected chi connectivity index (χ1v) is 4.74. The summed E-state index contributed by atoms with van der Waals surface area (Å²) >= 11 is 0. The van der Waals surface area contributed by atoms with Gasteiger partial charge in [-0.1, -0.05) is 50.6 Å². The van der Waals surface area contributed by atoms with Gasteiger partial charge in [0, 0.05) is 0 Å². The van der Waals surface area contributed by atoms with Gasteiger partial charge in [0.15, 0.2) is 0 Å². The fourth-order valence-corrected chi connectivity index (χ4v) is 0.664. The van der Waals surface area contributed by atoms with E-state index in [1.54, 1.807) is 0 Å². The molecule has 0 fully saturated rings. The van der Waals surface area contributed by atoms with E-state index in [1.807, 2.05) is 19.9 Å². The summed E-state index contributed by atoms with van der Waals surface area (Å²) in [7, 11) is 0. The predicted molar refractivity (Wildman–Crippen MR) is 59.4 cm³/mol. The largest absolute Gasteiger partial charge is 0.103 e. The summed E-state index contributed by atoms with van der Waals surface area (Å²) in [5.41, 5.74) is 1.36. The summed E-state index contributed by atoms with van der Waals surface area (Å²) in [6.45, 7) is 11.9. The zero-order valence-corrected chi connectivity index (χ0v) is 8.93. The molecule has 0 spiro atoms. The van der Waals surface area contributed by atoms with Gasteiger partial charge in [-0.3, -0.25) is 0 Å². The normalized spacial score (nSPS) is 10.8. The number of hydrogen-bond donors (Lipinski definition) is 0. The molecule has 0 aliphatic rings. The molecular formula is C12H22. The third-order valence-electron chi connectivity index (χ3n) is 1.22. The van der Waals surface area contributed by atoms with Gasteiger partial charge in [0.2, 0.25) is 0 Å². The van der Waals surface area contributed by atoms with Crippen molar-refractivity contribution in [1.29, 1.82) is 0 Å². The molecule has 0 aromatic heterocycles. The maximum Gasteiger partial charge on any atom is -0.0141 e. The lowest BCUT2D eigenvalue weighted by molar-refractivity contribution is 1.20. The van der Waals surface area contributed by atoms with Crippen molar-refractivity contribution in [3.05, 3.63) is 36.5 Å². The van der Waals surface area contributed by atoms with Gasteiger partial charge in [-0.2, -0.15) is 0 Å². The van der Waals surface area contributed by atoms with E-state index in [4.69, 9.17) is 0 Å². The van der Waals surface area contributed by atoms with Crippen molar-refractivity contribution in [1.82, 2.24) is 0 Å². The van der Waals surface area contributed by atoms with Gasteiger partial charge in [0.1, 0.15) is 0 Å². The summed E-state index contributed by atoms with van der Waals surface area (Å²) in [4.78, 5) is 0. The molecule has 0 bridgehead atoms. The molecule has 0 rings (SSSR count). The summed E-state index contributed by atoms with van der Waals surface area (Å²) in [5.74, 6) is 0. The number of rotatable bonds is 4. The zero-order chi connectivity index (χ0) is 9.82. The van der Waals surface area contributed by atoms with Gasteiger partial charge >= 0.3 is 0 Å². The second-order valence-corrected chi connectivity index (χ2v) is 2.34. The van der Waals surface area contributed by atoms with Gasteiger partial charge < -0.3 is 0 Å². The SMILES string of the molecule is C=CC/C(C)=C\C=C/CC.CC. The van der Waals surface area contributed by atoms with Crippen molar-refractivity contribution in [3.8, 4) is 0 Å². The Kier molecular flexibility index (Phi) is 14.8. The van der Waals surface area contributed by atoms with E-state index in [1.165, 1.54) is 5.57 Å². The Hall–Kier alpha value is -0.780. The summed E-state index contributed by atoms with van der Waals surface area (Å²) in [6.07, 6.45) is 10.4. The fourth-order valence-electron chi connectivity index (χ4n) is 0.664. The standard InChI is InChI=1S/C10H16.C2H6/c1-4-6-7-9-10(3)8-5-2;1-2/h5-7,9H,2,4,8H2,1,3H3;1-2H3/b7-6-,10-9-;. The Balaban J connectivity index is 0. The number of hydrogen-bond acceptors (Lipinski definition) is 0. The lowest BCUT2D eigenvalue weighted by Crippen LogP contribution is -1.68. The zero-order valence-electron chi connectivity index (χ0n) is 8.93. The van der Waals surface area contributed by atoms with E-state index in [9.17, 15) is 0 Å². The van der Waals surface area contributed by atoms with Crippen LogP contribution in [0.4, 0.5) is 0 Å². The van der Waals surface area contributed by atoms with Crippen LogP contribution in [0, 0.1) is 0 Å². The first-order valence-electron chi connectivity index (χ1n) is 4.74. The van der Waals surface area contributed by atoms with Crippen molar-refractivity contribution in [2.24, 2.45) is 0 Å². The van der Waals surface area contributed by atoms with Gasteiger partial charge in [0.25, 0.3) is 0 Å². The highest BCUT2D eigenvalue weighted by Crippen LogP contribution is 1.99. The first kappa shape index (κ1) is 13.8. The molecule has 0 aromatic rings. The lowest BCUT2D eigenvalue weighted by atomic mass is 10.2.